The highest BCUT2D eigenvalue weighted by Crippen LogP contribution is 2.40. The van der Waals surface area contributed by atoms with Gasteiger partial charge in [0.25, 0.3) is 0 Å². The Morgan fingerprint density at radius 1 is 1.50 bits per heavy atom. The molecule has 0 heterocycles. The topological polar surface area (TPSA) is 9.23 Å². The van der Waals surface area contributed by atoms with Crippen LogP contribution in [0.4, 0.5) is 0 Å². The van der Waals surface area contributed by atoms with Crippen molar-refractivity contribution in [2.24, 2.45) is 0 Å². The third-order valence-electron chi connectivity index (χ3n) is 1.12. The van der Waals surface area contributed by atoms with Gasteiger partial charge in [0.1, 0.15) is 0 Å². The second-order valence-electron chi connectivity index (χ2n) is 2.01. The van der Waals surface area contributed by atoms with E-state index in [-0.39, 0.29) is 8.15 Å². The maximum absolute atomic E-state index is 5.23. The average molecular weight is 134 g/mol. The molecule has 0 saturated heterocycles. The van der Waals surface area contributed by atoms with E-state index >= 15 is 0 Å². The zero-order valence-corrected chi connectivity index (χ0v) is 7.03. The Morgan fingerprint density at radius 3 is 2.00 bits per heavy atom. The molecule has 0 rings (SSSR count). The lowest BCUT2D eigenvalue weighted by Gasteiger charge is -2.15. The summed E-state index contributed by atoms with van der Waals surface area (Å²) < 4.78 is 5.23. The van der Waals surface area contributed by atoms with E-state index in [0.717, 1.165) is 5.66 Å². The highest BCUT2D eigenvalue weighted by atomic mass is 31.1. The average Bonchev–Trinajstić information content (AvgIpc) is 1.69. The fourth-order valence-corrected chi connectivity index (χ4v) is 2.12. The molecule has 1 atom stereocenters. The van der Waals surface area contributed by atoms with Crippen LogP contribution in [-0.4, -0.2) is 18.9 Å². The summed E-state index contributed by atoms with van der Waals surface area (Å²) in [6.45, 7) is 6.59. The van der Waals surface area contributed by atoms with Gasteiger partial charge in [0.15, 0.2) is 0 Å². The lowest BCUT2D eigenvalue weighted by Crippen LogP contribution is -1.95. The van der Waals surface area contributed by atoms with E-state index in [1.165, 1.54) is 6.16 Å². The molecule has 0 N–H and O–H groups in total. The highest BCUT2D eigenvalue weighted by molar-refractivity contribution is 7.53. The molecule has 8 heavy (non-hydrogen) atoms. The van der Waals surface area contributed by atoms with Crippen LogP contribution in [-0.2, 0) is 4.52 Å². The number of hydrogen-bond acceptors (Lipinski definition) is 1. The molecule has 0 aromatic heterocycles. The molecule has 1 unspecified atom stereocenters. The normalized spacial score (nSPS) is 14.6. The molecule has 0 saturated carbocycles. The van der Waals surface area contributed by atoms with Crippen molar-refractivity contribution in [1.82, 2.24) is 0 Å². The molecule has 0 fully saturated rings. The Balaban J connectivity index is 3.35. The van der Waals surface area contributed by atoms with Crippen molar-refractivity contribution >= 4 is 8.15 Å². The van der Waals surface area contributed by atoms with Crippen LogP contribution in [0.1, 0.15) is 20.8 Å². The van der Waals surface area contributed by atoms with Crippen molar-refractivity contribution in [3.8, 4) is 0 Å². The molecule has 0 aliphatic carbocycles. The Hall–Kier alpha value is 0.390. The van der Waals surface area contributed by atoms with Crippen molar-refractivity contribution in [1.29, 1.82) is 0 Å². The predicted molar refractivity (Wildman–Crippen MR) is 39.6 cm³/mol. The largest absolute Gasteiger partial charge is 0.362 e. The number of rotatable bonds is 3. The quantitative estimate of drug-likeness (QED) is 0.539. The van der Waals surface area contributed by atoms with Crippen LogP contribution in [0.15, 0.2) is 0 Å². The summed E-state index contributed by atoms with van der Waals surface area (Å²) in [6.07, 6.45) is 1.18. The summed E-state index contributed by atoms with van der Waals surface area (Å²) in [5, 5.41) is 0. The summed E-state index contributed by atoms with van der Waals surface area (Å²) in [6, 6.07) is 0. The van der Waals surface area contributed by atoms with Crippen molar-refractivity contribution in [3.63, 3.8) is 0 Å². The van der Waals surface area contributed by atoms with Gasteiger partial charge in [0.2, 0.25) is 0 Å². The van der Waals surface area contributed by atoms with Crippen LogP contribution in [0.2, 0.25) is 0 Å². The van der Waals surface area contributed by atoms with Gasteiger partial charge in [0.05, 0.1) is 0 Å². The summed E-state index contributed by atoms with van der Waals surface area (Å²) >= 11 is 0. The predicted octanol–water partition coefficient (Wildman–Crippen LogP) is 2.46. The van der Waals surface area contributed by atoms with Gasteiger partial charge in [-0.3, -0.25) is 0 Å². The maximum Gasteiger partial charge on any atom is 0.0398 e. The monoisotopic (exact) mass is 134 g/mol. The lowest BCUT2D eigenvalue weighted by molar-refractivity contribution is 0.456. The van der Waals surface area contributed by atoms with Gasteiger partial charge in [-0.1, -0.05) is 20.8 Å². The van der Waals surface area contributed by atoms with E-state index < -0.39 is 0 Å². The van der Waals surface area contributed by atoms with Gasteiger partial charge in [-0.25, -0.2) is 0 Å². The Kier molecular flexibility index (Phi) is 4.50. The van der Waals surface area contributed by atoms with Gasteiger partial charge in [-0.2, -0.15) is 0 Å². The van der Waals surface area contributed by atoms with Crippen molar-refractivity contribution in [3.05, 3.63) is 0 Å². The standard InChI is InChI=1S/C6H15OP/c1-5-8(7-4)6(2)3/h6H,5H2,1-4H3. The summed E-state index contributed by atoms with van der Waals surface area (Å²) in [5.74, 6) is 0. The van der Waals surface area contributed by atoms with Gasteiger partial charge < -0.3 is 4.52 Å². The molecule has 0 aliphatic heterocycles. The maximum atomic E-state index is 5.23. The molecule has 0 aliphatic rings. The third kappa shape index (κ3) is 2.64. The van der Waals surface area contributed by atoms with Crippen LogP contribution in [0.25, 0.3) is 0 Å². The first-order chi connectivity index (χ1) is 3.72. The van der Waals surface area contributed by atoms with E-state index in [1.54, 1.807) is 7.11 Å². The zero-order valence-electron chi connectivity index (χ0n) is 6.14. The molecule has 0 spiro atoms. The zero-order chi connectivity index (χ0) is 6.57. The molecule has 0 bridgehead atoms. The first-order valence-corrected chi connectivity index (χ1v) is 4.54. The molecule has 0 aromatic rings. The van der Waals surface area contributed by atoms with Crippen molar-refractivity contribution in [2.75, 3.05) is 13.3 Å². The molecule has 0 aromatic carbocycles. The van der Waals surface area contributed by atoms with E-state index in [2.05, 4.69) is 20.8 Å². The van der Waals surface area contributed by atoms with Gasteiger partial charge in [0, 0.05) is 15.3 Å². The molecular formula is C6H15OP. The van der Waals surface area contributed by atoms with Crippen molar-refractivity contribution in [2.45, 2.75) is 26.4 Å². The minimum atomic E-state index is -0.115. The van der Waals surface area contributed by atoms with E-state index in [9.17, 15) is 0 Å². The molecule has 2 heteroatoms. The minimum absolute atomic E-state index is 0.115. The van der Waals surface area contributed by atoms with Crippen LogP contribution < -0.4 is 0 Å². The lowest BCUT2D eigenvalue weighted by atomic mass is 10.6. The molecule has 0 radical (unpaired) electrons. The second-order valence-corrected chi connectivity index (χ2v) is 4.87. The van der Waals surface area contributed by atoms with Gasteiger partial charge >= 0.3 is 0 Å². The van der Waals surface area contributed by atoms with Gasteiger partial charge in [-0.15, -0.1) is 0 Å². The van der Waals surface area contributed by atoms with Crippen LogP contribution in [0, 0.1) is 0 Å². The fourth-order valence-electron chi connectivity index (χ4n) is 0.705. The van der Waals surface area contributed by atoms with E-state index in [4.69, 9.17) is 4.52 Å². The Bertz CT molecular complexity index is 50.5. The highest BCUT2D eigenvalue weighted by Gasteiger charge is 2.07. The van der Waals surface area contributed by atoms with E-state index in [1.807, 2.05) is 0 Å². The Morgan fingerprint density at radius 2 is 2.00 bits per heavy atom. The van der Waals surface area contributed by atoms with Crippen LogP contribution in [0.5, 0.6) is 0 Å². The first kappa shape index (κ1) is 8.39. The number of hydrogen-bond donors (Lipinski definition) is 0. The third-order valence-corrected chi connectivity index (χ3v) is 3.37. The van der Waals surface area contributed by atoms with Crippen LogP contribution >= 0.6 is 8.15 Å². The SMILES string of the molecule is CCP(OC)C(C)C. The molecular weight excluding hydrogens is 119 g/mol. The Labute approximate surface area is 53.3 Å². The van der Waals surface area contributed by atoms with Crippen molar-refractivity contribution < 1.29 is 4.52 Å². The second kappa shape index (κ2) is 4.29. The summed E-state index contributed by atoms with van der Waals surface area (Å²) in [4.78, 5) is 0. The first-order valence-electron chi connectivity index (χ1n) is 3.03. The smallest absolute Gasteiger partial charge is 0.0398 e. The molecule has 50 valence electrons. The minimum Gasteiger partial charge on any atom is -0.362 e. The summed E-state index contributed by atoms with van der Waals surface area (Å²) in [5.41, 5.74) is 0.722. The van der Waals surface area contributed by atoms with Gasteiger partial charge in [-0.05, 0) is 11.8 Å². The molecule has 0 amide bonds. The van der Waals surface area contributed by atoms with Crippen LogP contribution in [0.3, 0.4) is 0 Å². The fraction of sp³-hybridized carbons (Fsp3) is 1.00. The molecule has 1 nitrogen and oxygen atoms in total. The summed E-state index contributed by atoms with van der Waals surface area (Å²) in [7, 11) is 1.69. The van der Waals surface area contributed by atoms with E-state index in [0.29, 0.717) is 0 Å².